The van der Waals surface area contributed by atoms with E-state index >= 15 is 0 Å². The second-order valence-electron chi connectivity index (χ2n) is 4.72. The van der Waals surface area contributed by atoms with E-state index < -0.39 is 10.0 Å². The van der Waals surface area contributed by atoms with E-state index in [4.69, 9.17) is 0 Å². The smallest absolute Gasteiger partial charge is 0.240 e. The largest absolute Gasteiger partial charge is 0.370 e. The summed E-state index contributed by atoms with van der Waals surface area (Å²) in [4.78, 5) is 2.59. The molecule has 0 spiro atoms. The molecule has 2 N–H and O–H groups in total. The maximum atomic E-state index is 11.8. The Morgan fingerprint density at radius 1 is 1.32 bits per heavy atom. The van der Waals surface area contributed by atoms with Gasteiger partial charge in [-0.15, -0.1) is 0 Å². The zero-order chi connectivity index (χ0) is 13.9. The zero-order valence-electron chi connectivity index (χ0n) is 11.4. The average molecular weight is 283 g/mol. The number of benzene rings is 1. The molecule has 106 valence electrons. The van der Waals surface area contributed by atoms with Gasteiger partial charge in [0.05, 0.1) is 4.90 Å². The summed E-state index contributed by atoms with van der Waals surface area (Å²) in [6.07, 6.45) is 1.12. The first-order chi connectivity index (χ1) is 9.06. The number of nitrogens with one attached hydrogen (secondary N) is 2. The minimum Gasteiger partial charge on any atom is -0.370 e. The van der Waals surface area contributed by atoms with Crippen LogP contribution in [0.1, 0.15) is 13.3 Å². The molecule has 1 atom stereocenters. The van der Waals surface area contributed by atoms with Gasteiger partial charge < -0.3 is 10.2 Å². The van der Waals surface area contributed by atoms with Crippen molar-refractivity contribution in [2.75, 3.05) is 31.6 Å². The van der Waals surface area contributed by atoms with Crippen LogP contribution in [0, 0.1) is 0 Å². The lowest BCUT2D eigenvalue weighted by Crippen LogP contribution is -2.29. The van der Waals surface area contributed by atoms with Crippen LogP contribution in [0.5, 0.6) is 0 Å². The van der Waals surface area contributed by atoms with E-state index in [-0.39, 0.29) is 0 Å². The Labute approximate surface area is 115 Å². The average Bonchev–Trinajstić information content (AvgIpc) is 2.87. The van der Waals surface area contributed by atoms with Crippen LogP contribution >= 0.6 is 0 Å². The lowest BCUT2D eigenvalue weighted by molar-refractivity contribution is 0.584. The number of hydrogen-bond donors (Lipinski definition) is 2. The van der Waals surface area contributed by atoms with Gasteiger partial charge in [0.1, 0.15) is 0 Å². The molecule has 0 bridgehead atoms. The van der Waals surface area contributed by atoms with Crippen LogP contribution < -0.4 is 14.9 Å². The molecule has 1 aromatic rings. The number of anilines is 1. The Kier molecular flexibility index (Phi) is 4.44. The van der Waals surface area contributed by atoms with Crippen molar-refractivity contribution in [1.82, 2.24) is 10.0 Å². The van der Waals surface area contributed by atoms with E-state index in [1.54, 1.807) is 19.1 Å². The van der Waals surface area contributed by atoms with E-state index in [1.165, 1.54) is 0 Å². The molecule has 1 aliphatic heterocycles. The highest BCUT2D eigenvalue weighted by atomic mass is 32.2. The van der Waals surface area contributed by atoms with Gasteiger partial charge in [0.25, 0.3) is 0 Å². The lowest BCUT2D eigenvalue weighted by Gasteiger charge is -2.19. The Hall–Kier alpha value is -1.11. The van der Waals surface area contributed by atoms with E-state index in [9.17, 15) is 8.42 Å². The normalized spacial score (nSPS) is 19.9. The molecule has 0 aliphatic carbocycles. The number of sulfonamides is 1. The molecule has 1 unspecified atom stereocenters. The van der Waals surface area contributed by atoms with Crippen LogP contribution in [0.4, 0.5) is 5.69 Å². The highest BCUT2D eigenvalue weighted by molar-refractivity contribution is 7.89. The first-order valence-electron chi connectivity index (χ1n) is 6.58. The van der Waals surface area contributed by atoms with Gasteiger partial charge in [0.15, 0.2) is 0 Å². The molecule has 1 heterocycles. The van der Waals surface area contributed by atoms with Crippen molar-refractivity contribution in [3.8, 4) is 0 Å². The third kappa shape index (κ3) is 3.26. The van der Waals surface area contributed by atoms with Crippen molar-refractivity contribution in [2.45, 2.75) is 24.3 Å². The summed E-state index contributed by atoms with van der Waals surface area (Å²) in [5.74, 6) is 0. The van der Waals surface area contributed by atoms with Crippen molar-refractivity contribution in [3.63, 3.8) is 0 Å². The maximum Gasteiger partial charge on any atom is 0.240 e. The fraction of sp³-hybridized carbons (Fsp3) is 0.538. The van der Waals surface area contributed by atoms with Crippen molar-refractivity contribution in [2.24, 2.45) is 0 Å². The minimum atomic E-state index is -3.35. The summed E-state index contributed by atoms with van der Waals surface area (Å²) in [7, 11) is -1.37. The van der Waals surface area contributed by atoms with Gasteiger partial charge in [-0.2, -0.15) is 0 Å². The second-order valence-corrected chi connectivity index (χ2v) is 6.48. The Morgan fingerprint density at radius 3 is 2.53 bits per heavy atom. The van der Waals surface area contributed by atoms with Gasteiger partial charge in [0.2, 0.25) is 10.0 Å². The predicted octanol–water partition coefficient (Wildman–Crippen LogP) is 0.783. The summed E-state index contributed by atoms with van der Waals surface area (Å²) in [6.45, 7) is 4.15. The van der Waals surface area contributed by atoms with Crippen LogP contribution in [0.15, 0.2) is 29.2 Å². The summed E-state index contributed by atoms with van der Waals surface area (Å²) in [5.41, 5.74) is 1.08. The van der Waals surface area contributed by atoms with Gasteiger partial charge in [-0.05, 0) is 37.7 Å². The molecule has 1 fully saturated rings. The number of hydrogen-bond acceptors (Lipinski definition) is 4. The van der Waals surface area contributed by atoms with Gasteiger partial charge >= 0.3 is 0 Å². The fourth-order valence-electron chi connectivity index (χ4n) is 2.34. The van der Waals surface area contributed by atoms with E-state index in [0.29, 0.717) is 17.5 Å². The van der Waals surface area contributed by atoms with E-state index in [2.05, 4.69) is 14.9 Å². The molecule has 6 heteroatoms. The second kappa shape index (κ2) is 5.90. The Balaban J connectivity index is 2.11. The molecule has 0 radical (unpaired) electrons. The molecule has 2 rings (SSSR count). The van der Waals surface area contributed by atoms with Crippen LogP contribution in [-0.2, 0) is 10.0 Å². The van der Waals surface area contributed by atoms with Crippen LogP contribution in [-0.4, -0.2) is 41.1 Å². The van der Waals surface area contributed by atoms with Crippen molar-refractivity contribution >= 4 is 15.7 Å². The Morgan fingerprint density at radius 2 is 2.00 bits per heavy atom. The fourth-order valence-corrected chi connectivity index (χ4v) is 3.38. The van der Waals surface area contributed by atoms with Crippen molar-refractivity contribution in [1.29, 1.82) is 0 Å². The van der Waals surface area contributed by atoms with Crippen LogP contribution in [0.2, 0.25) is 0 Å². The number of rotatable bonds is 5. The van der Waals surface area contributed by atoms with Crippen LogP contribution in [0.25, 0.3) is 0 Å². The van der Waals surface area contributed by atoms with Gasteiger partial charge in [-0.25, -0.2) is 13.1 Å². The Bertz CT molecular complexity index is 513. The SMILES string of the molecule is CCNS(=O)(=O)c1ccc(N2CCC(NC)C2)cc1. The zero-order valence-corrected chi connectivity index (χ0v) is 12.2. The summed E-state index contributed by atoms with van der Waals surface area (Å²) in [6, 6.07) is 7.61. The van der Waals surface area contributed by atoms with Gasteiger partial charge in [-0.3, -0.25) is 0 Å². The predicted molar refractivity (Wildman–Crippen MR) is 77.0 cm³/mol. The molecule has 5 nitrogen and oxygen atoms in total. The maximum absolute atomic E-state index is 11.8. The highest BCUT2D eigenvalue weighted by Crippen LogP contribution is 2.22. The quantitative estimate of drug-likeness (QED) is 0.838. The highest BCUT2D eigenvalue weighted by Gasteiger charge is 2.21. The molecular weight excluding hydrogens is 262 g/mol. The summed E-state index contributed by atoms with van der Waals surface area (Å²) >= 11 is 0. The monoisotopic (exact) mass is 283 g/mol. The standard InChI is InChI=1S/C13H21N3O2S/c1-3-15-19(17,18)13-6-4-12(5-7-13)16-9-8-11(10-16)14-2/h4-7,11,14-15H,3,8-10H2,1-2H3. The van der Waals surface area contributed by atoms with Gasteiger partial charge in [0, 0.05) is 31.4 Å². The molecular formula is C13H21N3O2S. The third-order valence-corrected chi connectivity index (χ3v) is 5.00. The first kappa shape index (κ1) is 14.3. The van der Waals surface area contributed by atoms with Crippen LogP contribution in [0.3, 0.4) is 0 Å². The molecule has 1 aliphatic rings. The third-order valence-electron chi connectivity index (χ3n) is 3.44. The van der Waals surface area contributed by atoms with E-state index in [0.717, 1.165) is 25.2 Å². The molecule has 0 aromatic heterocycles. The minimum absolute atomic E-state index is 0.322. The van der Waals surface area contributed by atoms with Crippen molar-refractivity contribution < 1.29 is 8.42 Å². The molecule has 0 saturated carbocycles. The van der Waals surface area contributed by atoms with Crippen molar-refractivity contribution in [3.05, 3.63) is 24.3 Å². The van der Waals surface area contributed by atoms with E-state index in [1.807, 2.05) is 19.2 Å². The topological polar surface area (TPSA) is 61.4 Å². The van der Waals surface area contributed by atoms with Gasteiger partial charge in [-0.1, -0.05) is 6.92 Å². The summed E-state index contributed by atoms with van der Waals surface area (Å²) < 4.78 is 26.1. The lowest BCUT2D eigenvalue weighted by atomic mass is 10.3. The summed E-state index contributed by atoms with van der Waals surface area (Å²) in [5, 5.41) is 3.27. The first-order valence-corrected chi connectivity index (χ1v) is 8.07. The molecule has 1 saturated heterocycles. The molecule has 19 heavy (non-hydrogen) atoms. The number of nitrogens with zero attached hydrogens (tertiary/aromatic N) is 1. The molecule has 1 aromatic carbocycles. The molecule has 0 amide bonds. The number of likely N-dealkylation sites (N-methyl/N-ethyl adjacent to an activating group) is 1.